The van der Waals surface area contributed by atoms with Crippen molar-refractivity contribution in [1.82, 2.24) is 0 Å². The smallest absolute Gasteiger partial charge is 0.269 e. The number of benzene rings is 1. The fourth-order valence-electron chi connectivity index (χ4n) is 0.797. The van der Waals surface area contributed by atoms with Gasteiger partial charge in [0, 0.05) is 18.7 Å². The molecule has 0 saturated heterocycles. The van der Waals surface area contributed by atoms with Crippen molar-refractivity contribution in [1.29, 1.82) is 0 Å². The molecule has 74 valence electrons. The van der Waals surface area contributed by atoms with E-state index in [4.69, 9.17) is 5.73 Å². The number of nitro groups is 1. The van der Waals surface area contributed by atoms with Gasteiger partial charge in [-0.1, -0.05) is 12.1 Å². The van der Waals surface area contributed by atoms with Crippen molar-refractivity contribution in [3.8, 4) is 0 Å². The van der Waals surface area contributed by atoms with Crippen molar-refractivity contribution in [2.24, 2.45) is 5.73 Å². The second kappa shape index (κ2) is 6.65. The highest BCUT2D eigenvalue weighted by molar-refractivity contribution is 5.85. The van der Waals surface area contributed by atoms with E-state index in [-0.39, 0.29) is 30.5 Å². The third-order valence-corrected chi connectivity index (χ3v) is 1.36. The molecule has 1 aromatic rings. The molecule has 0 fully saturated rings. The summed E-state index contributed by atoms with van der Waals surface area (Å²) in [5.41, 5.74) is 6.16. The summed E-state index contributed by atoms with van der Waals surface area (Å²) in [5, 5.41) is 10.2. The molecule has 6 heteroatoms. The van der Waals surface area contributed by atoms with Gasteiger partial charge in [0.2, 0.25) is 0 Å². The second-order valence-corrected chi connectivity index (χ2v) is 2.13. The van der Waals surface area contributed by atoms with Crippen LogP contribution in [0.4, 0.5) is 5.69 Å². The molecule has 13 heavy (non-hydrogen) atoms. The van der Waals surface area contributed by atoms with Crippen LogP contribution in [0.5, 0.6) is 0 Å². The molecular formula is C7H10Cl2N2O2. The van der Waals surface area contributed by atoms with Crippen molar-refractivity contribution in [2.45, 2.75) is 6.54 Å². The first-order chi connectivity index (χ1) is 5.24. The minimum atomic E-state index is -0.431. The molecule has 0 aliphatic carbocycles. The second-order valence-electron chi connectivity index (χ2n) is 2.13. The topological polar surface area (TPSA) is 69.2 Å². The molecule has 0 unspecified atom stereocenters. The van der Waals surface area contributed by atoms with Crippen LogP contribution < -0.4 is 5.73 Å². The Hall–Kier alpha value is -0.840. The Morgan fingerprint density at radius 1 is 1.38 bits per heavy atom. The van der Waals surface area contributed by atoms with E-state index in [1.165, 1.54) is 12.1 Å². The maximum Gasteiger partial charge on any atom is 0.269 e. The SMILES string of the molecule is Cl.Cl.NCc1cccc([N+](=O)[O-])c1. The molecule has 0 atom stereocenters. The van der Waals surface area contributed by atoms with Gasteiger partial charge in [-0.2, -0.15) is 0 Å². The minimum absolute atomic E-state index is 0. The number of hydrogen-bond donors (Lipinski definition) is 1. The maximum atomic E-state index is 10.2. The molecule has 1 rings (SSSR count). The summed E-state index contributed by atoms with van der Waals surface area (Å²) in [4.78, 5) is 9.80. The fraction of sp³-hybridized carbons (Fsp3) is 0.143. The average molecular weight is 225 g/mol. The van der Waals surface area contributed by atoms with Crippen molar-refractivity contribution in [3.63, 3.8) is 0 Å². The van der Waals surface area contributed by atoms with E-state index in [0.717, 1.165) is 5.56 Å². The highest BCUT2D eigenvalue weighted by Gasteiger charge is 2.03. The monoisotopic (exact) mass is 224 g/mol. The summed E-state index contributed by atoms with van der Waals surface area (Å²) in [6, 6.07) is 6.30. The predicted molar refractivity (Wildman–Crippen MR) is 55.5 cm³/mol. The lowest BCUT2D eigenvalue weighted by Crippen LogP contribution is -1.97. The van der Waals surface area contributed by atoms with Gasteiger partial charge in [-0.15, -0.1) is 24.8 Å². The lowest BCUT2D eigenvalue weighted by atomic mass is 10.2. The van der Waals surface area contributed by atoms with Crippen LogP contribution in [0.15, 0.2) is 24.3 Å². The van der Waals surface area contributed by atoms with Gasteiger partial charge in [-0.3, -0.25) is 10.1 Å². The molecule has 4 nitrogen and oxygen atoms in total. The Kier molecular flexibility index (Phi) is 7.51. The molecule has 0 aliphatic heterocycles. The van der Waals surface area contributed by atoms with Gasteiger partial charge in [0.1, 0.15) is 0 Å². The number of nitrogens with two attached hydrogens (primary N) is 1. The summed E-state index contributed by atoms with van der Waals surface area (Å²) >= 11 is 0. The summed E-state index contributed by atoms with van der Waals surface area (Å²) in [6.07, 6.45) is 0. The Morgan fingerprint density at radius 2 is 2.00 bits per heavy atom. The number of non-ortho nitro benzene ring substituents is 1. The first-order valence-electron chi connectivity index (χ1n) is 3.17. The molecule has 2 N–H and O–H groups in total. The first kappa shape index (κ1) is 14.7. The van der Waals surface area contributed by atoms with Crippen molar-refractivity contribution in [3.05, 3.63) is 39.9 Å². The molecule has 0 spiro atoms. The highest BCUT2D eigenvalue weighted by atomic mass is 35.5. The zero-order valence-corrected chi connectivity index (χ0v) is 8.31. The van der Waals surface area contributed by atoms with Crippen LogP contribution >= 0.6 is 24.8 Å². The van der Waals surface area contributed by atoms with E-state index >= 15 is 0 Å². The summed E-state index contributed by atoms with van der Waals surface area (Å²) in [7, 11) is 0. The number of halogens is 2. The van der Waals surface area contributed by atoms with Crippen LogP contribution in [0.25, 0.3) is 0 Å². The van der Waals surface area contributed by atoms with Crippen LogP contribution in [0.1, 0.15) is 5.56 Å². The van der Waals surface area contributed by atoms with E-state index in [1.807, 2.05) is 0 Å². The van der Waals surface area contributed by atoms with E-state index < -0.39 is 4.92 Å². The fourth-order valence-corrected chi connectivity index (χ4v) is 0.797. The van der Waals surface area contributed by atoms with Crippen LogP contribution in [-0.2, 0) is 6.54 Å². The van der Waals surface area contributed by atoms with Gasteiger partial charge in [-0.25, -0.2) is 0 Å². The zero-order valence-electron chi connectivity index (χ0n) is 6.67. The van der Waals surface area contributed by atoms with Gasteiger partial charge in [0.05, 0.1) is 4.92 Å². The van der Waals surface area contributed by atoms with Crippen molar-refractivity contribution < 1.29 is 4.92 Å². The number of nitro benzene ring substituents is 1. The van der Waals surface area contributed by atoms with E-state index in [1.54, 1.807) is 12.1 Å². The minimum Gasteiger partial charge on any atom is -0.326 e. The summed E-state index contributed by atoms with van der Waals surface area (Å²) < 4.78 is 0. The Labute approximate surface area is 88.1 Å². The van der Waals surface area contributed by atoms with Crippen LogP contribution in [-0.4, -0.2) is 4.92 Å². The standard InChI is InChI=1S/C7H8N2O2.2ClH/c8-5-6-2-1-3-7(4-6)9(10)11;;/h1-4H,5,8H2;2*1H. The van der Waals surface area contributed by atoms with Crippen molar-refractivity contribution in [2.75, 3.05) is 0 Å². The van der Waals surface area contributed by atoms with Gasteiger partial charge < -0.3 is 5.73 Å². The zero-order chi connectivity index (χ0) is 8.27. The van der Waals surface area contributed by atoms with Gasteiger partial charge in [-0.05, 0) is 5.56 Å². The van der Waals surface area contributed by atoms with E-state index in [2.05, 4.69) is 0 Å². The normalized spacial score (nSPS) is 8.08. The van der Waals surface area contributed by atoms with Crippen LogP contribution in [0.2, 0.25) is 0 Å². The third-order valence-electron chi connectivity index (χ3n) is 1.36. The summed E-state index contributed by atoms with van der Waals surface area (Å²) in [6.45, 7) is 0.335. The summed E-state index contributed by atoms with van der Waals surface area (Å²) in [5.74, 6) is 0. The molecular weight excluding hydrogens is 215 g/mol. The average Bonchev–Trinajstić information content (AvgIpc) is 2.05. The van der Waals surface area contributed by atoms with Gasteiger partial charge >= 0.3 is 0 Å². The van der Waals surface area contributed by atoms with Crippen LogP contribution in [0, 0.1) is 10.1 Å². The molecule has 0 amide bonds. The lowest BCUT2D eigenvalue weighted by Gasteiger charge is -1.94. The Morgan fingerprint density at radius 3 is 2.46 bits per heavy atom. The Balaban J connectivity index is 0. The molecule has 0 heterocycles. The highest BCUT2D eigenvalue weighted by Crippen LogP contribution is 2.11. The maximum absolute atomic E-state index is 10.2. The van der Waals surface area contributed by atoms with Gasteiger partial charge in [0.25, 0.3) is 5.69 Å². The number of rotatable bonds is 2. The number of nitrogens with zero attached hydrogens (tertiary/aromatic N) is 1. The van der Waals surface area contributed by atoms with Gasteiger partial charge in [0.15, 0.2) is 0 Å². The van der Waals surface area contributed by atoms with E-state index in [0.29, 0.717) is 6.54 Å². The first-order valence-corrected chi connectivity index (χ1v) is 3.17. The Bertz CT molecular complexity index is 281. The molecule has 0 aromatic heterocycles. The third kappa shape index (κ3) is 4.07. The lowest BCUT2D eigenvalue weighted by molar-refractivity contribution is -0.384. The molecule has 0 radical (unpaired) electrons. The molecule has 0 bridgehead atoms. The molecule has 0 saturated carbocycles. The molecule has 1 aromatic carbocycles. The molecule has 0 aliphatic rings. The van der Waals surface area contributed by atoms with Crippen molar-refractivity contribution >= 4 is 30.5 Å². The van der Waals surface area contributed by atoms with E-state index in [9.17, 15) is 10.1 Å². The predicted octanol–water partition coefficient (Wildman–Crippen LogP) is 1.90. The quantitative estimate of drug-likeness (QED) is 0.617. The van der Waals surface area contributed by atoms with Crippen LogP contribution in [0.3, 0.4) is 0 Å². The number of hydrogen-bond acceptors (Lipinski definition) is 3. The largest absolute Gasteiger partial charge is 0.326 e.